The highest BCUT2D eigenvalue weighted by Gasteiger charge is 2.30. The second-order valence-corrected chi connectivity index (χ2v) is 13.4. The number of nitrogens with zero attached hydrogens (tertiary/aromatic N) is 2. The van der Waals surface area contributed by atoms with Crippen LogP contribution in [0.5, 0.6) is 0 Å². The number of imidazole rings is 1. The molecule has 0 radical (unpaired) electrons. The topological polar surface area (TPSA) is 174 Å². The van der Waals surface area contributed by atoms with Crippen LogP contribution in [-0.4, -0.2) is 66.7 Å². The molecule has 5 aromatic rings. The lowest BCUT2D eigenvalue weighted by Crippen LogP contribution is -2.50. The molecule has 1 aromatic heterocycles. The number of aliphatic hydroxyl groups excluding tert-OH is 1. The van der Waals surface area contributed by atoms with Gasteiger partial charge in [-0.2, -0.15) is 0 Å². The molecular weight excluding hydrogens is 632 g/mol. The minimum absolute atomic E-state index is 0.0405. The standard InChI is InChI=1S/C35H36N6O6S/c1-22(24-14-8-5-9-15-24)36-32(43)25-19-26(21-27(20-25)41(2)48(3,46)47)33(44)37-30(18-23-12-6-4-7-13-23)31(42)34(45)40-35-38-28-16-10-11-17-29(28)39-35/h4-17,19-22,30-31,42H,18H2,1-3H3,(H,36,43)(H,37,44)(H2,38,39,40,45)/t22-,30+,31-/m1/s1. The van der Waals surface area contributed by atoms with Gasteiger partial charge < -0.3 is 20.7 Å². The van der Waals surface area contributed by atoms with Crippen molar-refractivity contribution in [2.75, 3.05) is 22.9 Å². The van der Waals surface area contributed by atoms with Crippen LogP contribution in [0.4, 0.5) is 11.6 Å². The second kappa shape index (κ2) is 14.5. The van der Waals surface area contributed by atoms with Gasteiger partial charge in [-0.05, 0) is 54.8 Å². The summed E-state index contributed by atoms with van der Waals surface area (Å²) in [6.45, 7) is 1.80. The summed E-state index contributed by atoms with van der Waals surface area (Å²) < 4.78 is 25.9. The van der Waals surface area contributed by atoms with Crippen LogP contribution < -0.4 is 20.3 Å². The van der Waals surface area contributed by atoms with Crippen molar-refractivity contribution < 1.29 is 27.9 Å². The van der Waals surface area contributed by atoms with Gasteiger partial charge in [0.05, 0.1) is 35.1 Å². The van der Waals surface area contributed by atoms with Gasteiger partial charge >= 0.3 is 0 Å². The number of rotatable bonds is 12. The molecule has 1 heterocycles. The predicted octanol–water partition coefficient (Wildman–Crippen LogP) is 3.79. The highest BCUT2D eigenvalue weighted by Crippen LogP contribution is 2.23. The summed E-state index contributed by atoms with van der Waals surface area (Å²) in [5, 5.41) is 19.4. The van der Waals surface area contributed by atoms with Gasteiger partial charge in [0.15, 0.2) is 6.10 Å². The molecule has 5 N–H and O–H groups in total. The fourth-order valence-electron chi connectivity index (χ4n) is 5.10. The number of hydrogen-bond donors (Lipinski definition) is 5. The number of benzene rings is 4. The molecular formula is C35H36N6O6S. The van der Waals surface area contributed by atoms with E-state index in [9.17, 15) is 27.9 Å². The van der Waals surface area contributed by atoms with Crippen molar-refractivity contribution in [2.24, 2.45) is 0 Å². The number of para-hydroxylation sites is 2. The van der Waals surface area contributed by atoms with E-state index in [4.69, 9.17) is 0 Å². The fourth-order valence-corrected chi connectivity index (χ4v) is 5.59. The Labute approximate surface area is 278 Å². The number of anilines is 2. The van der Waals surface area contributed by atoms with Gasteiger partial charge in [0.2, 0.25) is 16.0 Å². The molecule has 13 heteroatoms. The molecule has 5 rings (SSSR count). The zero-order valence-corrected chi connectivity index (χ0v) is 27.4. The van der Waals surface area contributed by atoms with Gasteiger partial charge in [0.1, 0.15) is 0 Å². The zero-order valence-electron chi connectivity index (χ0n) is 26.5. The molecule has 12 nitrogen and oxygen atoms in total. The van der Waals surface area contributed by atoms with Crippen LogP contribution in [-0.2, 0) is 21.2 Å². The third-order valence-electron chi connectivity index (χ3n) is 7.85. The van der Waals surface area contributed by atoms with E-state index in [0.29, 0.717) is 11.0 Å². The van der Waals surface area contributed by atoms with Crippen LogP contribution in [0.25, 0.3) is 11.0 Å². The van der Waals surface area contributed by atoms with E-state index in [1.165, 1.54) is 25.2 Å². The molecule has 0 spiro atoms. The number of carbonyl (C=O) groups is 3. The maximum atomic E-state index is 13.8. The van der Waals surface area contributed by atoms with Crippen molar-refractivity contribution in [1.82, 2.24) is 20.6 Å². The first-order chi connectivity index (χ1) is 22.9. The fraction of sp³-hybridized carbons (Fsp3) is 0.200. The predicted molar refractivity (Wildman–Crippen MR) is 184 cm³/mol. The lowest BCUT2D eigenvalue weighted by Gasteiger charge is -2.24. The van der Waals surface area contributed by atoms with Gasteiger partial charge in [-0.15, -0.1) is 0 Å². The Morgan fingerprint density at radius 2 is 1.44 bits per heavy atom. The van der Waals surface area contributed by atoms with E-state index in [0.717, 1.165) is 21.7 Å². The molecule has 0 aliphatic heterocycles. The normalized spacial score (nSPS) is 13.2. The third kappa shape index (κ3) is 8.24. The Bertz CT molecular complexity index is 2000. The summed E-state index contributed by atoms with van der Waals surface area (Å²) in [7, 11) is -2.46. The van der Waals surface area contributed by atoms with Gasteiger partial charge in [0, 0.05) is 18.2 Å². The molecule has 0 unspecified atom stereocenters. The van der Waals surface area contributed by atoms with Gasteiger partial charge in [-0.3, -0.25) is 24.0 Å². The van der Waals surface area contributed by atoms with Crippen LogP contribution >= 0.6 is 0 Å². The average molecular weight is 669 g/mol. The summed E-state index contributed by atoms with van der Waals surface area (Å²) in [5.74, 6) is -1.95. The van der Waals surface area contributed by atoms with Crippen molar-refractivity contribution in [3.8, 4) is 0 Å². The summed E-state index contributed by atoms with van der Waals surface area (Å²) in [6.07, 6.45) is -0.644. The lowest BCUT2D eigenvalue weighted by molar-refractivity contribution is -0.125. The number of aliphatic hydroxyl groups is 1. The second-order valence-electron chi connectivity index (χ2n) is 11.4. The summed E-state index contributed by atoms with van der Waals surface area (Å²) in [5.41, 5.74) is 2.96. The molecule has 0 saturated heterocycles. The van der Waals surface area contributed by atoms with Crippen LogP contribution in [0, 0.1) is 0 Å². The highest BCUT2D eigenvalue weighted by molar-refractivity contribution is 7.92. The van der Waals surface area contributed by atoms with Crippen LogP contribution in [0.2, 0.25) is 0 Å². The first-order valence-electron chi connectivity index (χ1n) is 15.1. The van der Waals surface area contributed by atoms with Crippen LogP contribution in [0.1, 0.15) is 44.8 Å². The van der Waals surface area contributed by atoms with Crippen molar-refractivity contribution in [3.63, 3.8) is 0 Å². The minimum Gasteiger partial charge on any atom is -0.381 e. The third-order valence-corrected chi connectivity index (χ3v) is 9.05. The Hall–Kier alpha value is -5.53. The highest BCUT2D eigenvalue weighted by atomic mass is 32.2. The minimum atomic E-state index is -3.77. The zero-order chi connectivity index (χ0) is 34.4. The van der Waals surface area contributed by atoms with Crippen molar-refractivity contribution in [1.29, 1.82) is 0 Å². The number of amides is 3. The van der Waals surface area contributed by atoms with Crippen molar-refractivity contribution >= 4 is 50.4 Å². The Kier molecular flexibility index (Phi) is 10.2. The number of fused-ring (bicyclic) bond motifs is 1. The number of carbonyl (C=O) groups excluding carboxylic acids is 3. The first-order valence-corrected chi connectivity index (χ1v) is 17.0. The van der Waals surface area contributed by atoms with Gasteiger partial charge in [-0.1, -0.05) is 72.8 Å². The first kappa shape index (κ1) is 33.8. The average Bonchev–Trinajstić information content (AvgIpc) is 3.49. The number of aromatic amines is 1. The molecule has 0 aliphatic rings. The van der Waals surface area contributed by atoms with E-state index >= 15 is 0 Å². The van der Waals surface area contributed by atoms with E-state index in [1.54, 1.807) is 49.4 Å². The molecule has 4 aromatic carbocycles. The van der Waals surface area contributed by atoms with Crippen molar-refractivity contribution in [2.45, 2.75) is 31.5 Å². The van der Waals surface area contributed by atoms with E-state index in [2.05, 4.69) is 25.9 Å². The quantitative estimate of drug-likeness (QED) is 0.135. The molecule has 48 heavy (non-hydrogen) atoms. The summed E-state index contributed by atoms with van der Waals surface area (Å²) in [6, 6.07) is 28.0. The molecule has 0 aliphatic carbocycles. The molecule has 0 bridgehead atoms. The van der Waals surface area contributed by atoms with Crippen LogP contribution in [0.3, 0.4) is 0 Å². The number of aromatic nitrogens is 2. The van der Waals surface area contributed by atoms with Gasteiger partial charge in [-0.25, -0.2) is 13.4 Å². The Morgan fingerprint density at radius 1 is 0.854 bits per heavy atom. The van der Waals surface area contributed by atoms with E-state index in [-0.39, 0.29) is 35.2 Å². The number of nitrogens with one attached hydrogen (secondary N) is 4. The summed E-state index contributed by atoms with van der Waals surface area (Å²) in [4.78, 5) is 47.8. The number of sulfonamides is 1. The van der Waals surface area contributed by atoms with Crippen molar-refractivity contribution in [3.05, 3.63) is 125 Å². The SMILES string of the molecule is C[C@@H](NC(=O)c1cc(C(=O)N[C@@H](Cc2ccccc2)[C@@H](O)C(=O)Nc2nc3ccccc3[nH]2)cc(N(C)S(C)(=O)=O)c1)c1ccccc1. The Balaban J connectivity index is 1.43. The monoisotopic (exact) mass is 668 g/mol. The molecule has 3 amide bonds. The smallest absolute Gasteiger partial charge is 0.257 e. The van der Waals surface area contributed by atoms with E-state index in [1.807, 2.05) is 42.5 Å². The molecule has 3 atom stereocenters. The summed E-state index contributed by atoms with van der Waals surface area (Å²) >= 11 is 0. The van der Waals surface area contributed by atoms with Crippen LogP contribution in [0.15, 0.2) is 103 Å². The lowest BCUT2D eigenvalue weighted by atomic mass is 9.99. The van der Waals surface area contributed by atoms with E-state index < -0.39 is 39.9 Å². The molecule has 0 saturated carbocycles. The molecule has 248 valence electrons. The maximum absolute atomic E-state index is 13.8. The largest absolute Gasteiger partial charge is 0.381 e. The number of H-pyrrole nitrogens is 1. The molecule has 0 fully saturated rings. The Morgan fingerprint density at radius 3 is 2.06 bits per heavy atom. The maximum Gasteiger partial charge on any atom is 0.257 e. The number of hydrogen-bond acceptors (Lipinski definition) is 7. The van der Waals surface area contributed by atoms with Gasteiger partial charge in [0.25, 0.3) is 17.7 Å².